The molecule has 1 N–H and O–H groups in total. The average molecular weight is 255 g/mol. The second-order valence-corrected chi connectivity index (χ2v) is 6.93. The van der Waals surface area contributed by atoms with Gasteiger partial charge in [0.1, 0.15) is 0 Å². The standard InChI is InChI=1S/C16H33NO/c1-6-12-17-13-16(18-7-2)10-8-14(9-11-16)15(3,4)5/h14,17H,6-13H2,1-5H3. The molecule has 0 aromatic heterocycles. The number of nitrogens with one attached hydrogen (secondary N) is 1. The van der Waals surface area contributed by atoms with E-state index in [-0.39, 0.29) is 5.60 Å². The summed E-state index contributed by atoms with van der Waals surface area (Å²) in [6.07, 6.45) is 6.28. The molecular weight excluding hydrogens is 222 g/mol. The maximum atomic E-state index is 6.12. The molecule has 108 valence electrons. The molecular formula is C16H33NO. The van der Waals surface area contributed by atoms with Crippen LogP contribution in [0.1, 0.15) is 66.7 Å². The molecule has 2 heteroatoms. The normalized spacial score (nSPS) is 29.5. The summed E-state index contributed by atoms with van der Waals surface area (Å²) in [5.41, 5.74) is 0.570. The monoisotopic (exact) mass is 255 g/mol. The lowest BCUT2D eigenvalue weighted by molar-refractivity contribution is -0.0795. The van der Waals surface area contributed by atoms with Crippen LogP contribution in [0.25, 0.3) is 0 Å². The van der Waals surface area contributed by atoms with Gasteiger partial charge < -0.3 is 10.1 Å². The minimum atomic E-state index is 0.117. The highest BCUT2D eigenvalue weighted by Gasteiger charge is 2.38. The first-order valence-corrected chi connectivity index (χ1v) is 7.78. The lowest BCUT2D eigenvalue weighted by Crippen LogP contribution is -2.47. The number of rotatable bonds is 6. The Morgan fingerprint density at radius 3 is 2.22 bits per heavy atom. The summed E-state index contributed by atoms with van der Waals surface area (Å²) in [6.45, 7) is 14.5. The van der Waals surface area contributed by atoms with Crippen molar-refractivity contribution >= 4 is 0 Å². The molecule has 0 unspecified atom stereocenters. The molecule has 1 aliphatic carbocycles. The predicted molar refractivity (Wildman–Crippen MR) is 78.9 cm³/mol. The van der Waals surface area contributed by atoms with Gasteiger partial charge in [0.25, 0.3) is 0 Å². The third-order valence-corrected chi connectivity index (χ3v) is 4.45. The third kappa shape index (κ3) is 4.55. The second-order valence-electron chi connectivity index (χ2n) is 6.93. The van der Waals surface area contributed by atoms with Crippen LogP contribution >= 0.6 is 0 Å². The first-order chi connectivity index (χ1) is 8.43. The van der Waals surface area contributed by atoms with Crippen LogP contribution in [-0.2, 0) is 4.74 Å². The van der Waals surface area contributed by atoms with E-state index in [0.717, 1.165) is 25.6 Å². The molecule has 2 nitrogen and oxygen atoms in total. The Balaban J connectivity index is 2.51. The minimum Gasteiger partial charge on any atom is -0.374 e. The lowest BCUT2D eigenvalue weighted by Gasteiger charge is -2.44. The molecule has 1 rings (SSSR count). The molecule has 0 bridgehead atoms. The second kappa shape index (κ2) is 6.91. The van der Waals surface area contributed by atoms with Gasteiger partial charge in [0.2, 0.25) is 0 Å². The van der Waals surface area contributed by atoms with Crippen LogP contribution in [0, 0.1) is 11.3 Å². The van der Waals surface area contributed by atoms with Crippen molar-refractivity contribution in [2.45, 2.75) is 72.3 Å². The van der Waals surface area contributed by atoms with Gasteiger partial charge in [0, 0.05) is 13.2 Å². The molecule has 0 spiro atoms. The van der Waals surface area contributed by atoms with Gasteiger partial charge >= 0.3 is 0 Å². The van der Waals surface area contributed by atoms with Crippen LogP contribution < -0.4 is 5.32 Å². The maximum Gasteiger partial charge on any atom is 0.0806 e. The van der Waals surface area contributed by atoms with Crippen molar-refractivity contribution in [2.75, 3.05) is 19.7 Å². The fraction of sp³-hybridized carbons (Fsp3) is 1.00. The molecule has 0 atom stereocenters. The molecule has 1 saturated carbocycles. The highest BCUT2D eigenvalue weighted by atomic mass is 16.5. The molecule has 1 fully saturated rings. The van der Waals surface area contributed by atoms with Crippen molar-refractivity contribution < 1.29 is 4.74 Å². The van der Waals surface area contributed by atoms with Gasteiger partial charge in [-0.1, -0.05) is 27.7 Å². The van der Waals surface area contributed by atoms with Gasteiger partial charge in [-0.05, 0) is 56.9 Å². The lowest BCUT2D eigenvalue weighted by atomic mass is 9.68. The van der Waals surface area contributed by atoms with Crippen molar-refractivity contribution in [1.82, 2.24) is 5.32 Å². The van der Waals surface area contributed by atoms with Gasteiger partial charge in [-0.3, -0.25) is 0 Å². The average Bonchev–Trinajstić information content (AvgIpc) is 2.29. The fourth-order valence-corrected chi connectivity index (χ4v) is 3.18. The fourth-order valence-electron chi connectivity index (χ4n) is 3.18. The van der Waals surface area contributed by atoms with Gasteiger partial charge in [0.05, 0.1) is 5.60 Å². The Kier molecular flexibility index (Phi) is 6.13. The number of hydrogen-bond acceptors (Lipinski definition) is 2. The summed E-state index contributed by atoms with van der Waals surface area (Å²) >= 11 is 0. The SMILES string of the molecule is CCCNCC1(OCC)CCC(C(C)(C)C)CC1. The predicted octanol–water partition coefficient (Wildman–Crippen LogP) is 4.00. The first kappa shape index (κ1) is 16.0. The summed E-state index contributed by atoms with van der Waals surface area (Å²) in [5, 5.41) is 3.56. The van der Waals surface area contributed by atoms with E-state index in [1.54, 1.807) is 0 Å². The molecule has 0 aliphatic heterocycles. The van der Waals surface area contributed by atoms with Gasteiger partial charge in [-0.25, -0.2) is 0 Å². The van der Waals surface area contributed by atoms with Crippen LogP contribution in [-0.4, -0.2) is 25.3 Å². The Morgan fingerprint density at radius 2 is 1.78 bits per heavy atom. The highest BCUT2D eigenvalue weighted by molar-refractivity contribution is 4.92. The first-order valence-electron chi connectivity index (χ1n) is 7.78. The van der Waals surface area contributed by atoms with Crippen molar-refractivity contribution in [3.05, 3.63) is 0 Å². The van der Waals surface area contributed by atoms with E-state index < -0.39 is 0 Å². The van der Waals surface area contributed by atoms with Crippen LogP contribution in [0.5, 0.6) is 0 Å². The summed E-state index contributed by atoms with van der Waals surface area (Å²) in [6, 6.07) is 0. The molecule has 0 saturated heterocycles. The van der Waals surface area contributed by atoms with E-state index in [1.807, 2.05) is 0 Å². The zero-order valence-corrected chi connectivity index (χ0v) is 13.1. The number of hydrogen-bond donors (Lipinski definition) is 1. The summed E-state index contributed by atoms with van der Waals surface area (Å²) in [4.78, 5) is 0. The Hall–Kier alpha value is -0.0800. The van der Waals surface area contributed by atoms with Gasteiger partial charge in [-0.15, -0.1) is 0 Å². The van der Waals surface area contributed by atoms with Crippen molar-refractivity contribution in [3.63, 3.8) is 0 Å². The summed E-state index contributed by atoms with van der Waals surface area (Å²) in [5.74, 6) is 0.859. The van der Waals surface area contributed by atoms with Gasteiger partial charge in [-0.2, -0.15) is 0 Å². The van der Waals surface area contributed by atoms with Crippen molar-refractivity contribution in [1.29, 1.82) is 0 Å². The van der Waals surface area contributed by atoms with E-state index in [9.17, 15) is 0 Å². The Morgan fingerprint density at radius 1 is 1.17 bits per heavy atom. The molecule has 0 aromatic rings. The van der Waals surface area contributed by atoms with Crippen LogP contribution in [0.4, 0.5) is 0 Å². The molecule has 0 heterocycles. The third-order valence-electron chi connectivity index (χ3n) is 4.45. The summed E-state index contributed by atoms with van der Waals surface area (Å²) < 4.78 is 6.12. The maximum absolute atomic E-state index is 6.12. The van der Waals surface area contributed by atoms with E-state index >= 15 is 0 Å². The zero-order valence-electron chi connectivity index (χ0n) is 13.1. The molecule has 0 aromatic carbocycles. The highest BCUT2D eigenvalue weighted by Crippen LogP contribution is 2.42. The molecule has 1 aliphatic rings. The molecule has 0 amide bonds. The quantitative estimate of drug-likeness (QED) is 0.724. The minimum absolute atomic E-state index is 0.117. The van der Waals surface area contributed by atoms with Crippen molar-refractivity contribution in [2.24, 2.45) is 11.3 Å². The van der Waals surface area contributed by atoms with Crippen LogP contribution in [0.2, 0.25) is 0 Å². The molecule has 0 radical (unpaired) electrons. The molecule has 18 heavy (non-hydrogen) atoms. The zero-order chi connectivity index (χ0) is 13.6. The van der Waals surface area contributed by atoms with Crippen LogP contribution in [0.15, 0.2) is 0 Å². The van der Waals surface area contributed by atoms with E-state index in [4.69, 9.17) is 4.74 Å². The topological polar surface area (TPSA) is 21.3 Å². The smallest absolute Gasteiger partial charge is 0.0806 e. The van der Waals surface area contributed by atoms with E-state index in [2.05, 4.69) is 39.9 Å². The van der Waals surface area contributed by atoms with Crippen molar-refractivity contribution in [3.8, 4) is 0 Å². The largest absolute Gasteiger partial charge is 0.374 e. The van der Waals surface area contributed by atoms with Crippen LogP contribution in [0.3, 0.4) is 0 Å². The van der Waals surface area contributed by atoms with E-state index in [1.165, 1.54) is 32.1 Å². The number of ether oxygens (including phenoxy) is 1. The van der Waals surface area contributed by atoms with E-state index in [0.29, 0.717) is 5.41 Å². The summed E-state index contributed by atoms with van der Waals surface area (Å²) in [7, 11) is 0. The Bertz CT molecular complexity index is 224. The Labute approximate surface area is 114 Å². The van der Waals surface area contributed by atoms with Gasteiger partial charge in [0.15, 0.2) is 0 Å².